The van der Waals surface area contributed by atoms with E-state index in [-0.39, 0.29) is 18.9 Å². The van der Waals surface area contributed by atoms with Crippen LogP contribution in [0.5, 0.6) is 0 Å². The van der Waals surface area contributed by atoms with Gasteiger partial charge in [-0.1, -0.05) is 48.5 Å². The van der Waals surface area contributed by atoms with Gasteiger partial charge in [0.1, 0.15) is 12.9 Å². The summed E-state index contributed by atoms with van der Waals surface area (Å²) in [5.41, 5.74) is 3.46. The minimum absolute atomic E-state index is 0.190. The topological polar surface area (TPSA) is 99.0 Å². The molecule has 0 saturated heterocycles. The Labute approximate surface area is 178 Å². The first-order valence-corrected chi connectivity index (χ1v) is 9.61. The van der Waals surface area contributed by atoms with Gasteiger partial charge in [0.2, 0.25) is 5.91 Å². The van der Waals surface area contributed by atoms with E-state index in [1.165, 1.54) is 11.0 Å². The molecule has 8 nitrogen and oxygen atoms in total. The van der Waals surface area contributed by atoms with Crippen LogP contribution in [-0.4, -0.2) is 32.1 Å². The maximum absolute atomic E-state index is 12.4. The van der Waals surface area contributed by atoms with E-state index in [9.17, 15) is 9.59 Å². The van der Waals surface area contributed by atoms with E-state index in [2.05, 4.69) is 20.8 Å². The van der Waals surface area contributed by atoms with Crippen LogP contribution in [-0.2, 0) is 22.6 Å². The predicted octanol–water partition coefficient (Wildman–Crippen LogP) is 3.20. The predicted molar refractivity (Wildman–Crippen MR) is 113 cm³/mol. The Morgan fingerprint density at radius 2 is 1.71 bits per heavy atom. The van der Waals surface area contributed by atoms with Crippen LogP contribution < -0.4 is 5.32 Å². The standard InChI is InChI=1S/C23H19N5O3/c29-22(13-17-9-11-21(12-10-17)28-16-24-26-27-28)25-20-8-4-7-19(14-20)23(30)31-15-18-5-2-1-3-6-18/h1-12,14,16H,13,15H2,(H,25,29). The van der Waals surface area contributed by atoms with Crippen molar-refractivity contribution in [1.82, 2.24) is 20.2 Å². The fraction of sp³-hybridized carbons (Fsp3) is 0.0870. The Kier molecular flexibility index (Phi) is 6.08. The lowest BCUT2D eigenvalue weighted by Gasteiger charge is -2.09. The van der Waals surface area contributed by atoms with Crippen LogP contribution in [0.25, 0.3) is 5.69 Å². The van der Waals surface area contributed by atoms with Crippen LogP contribution in [0.15, 0.2) is 85.2 Å². The van der Waals surface area contributed by atoms with Crippen LogP contribution in [0.1, 0.15) is 21.5 Å². The molecule has 0 radical (unpaired) electrons. The van der Waals surface area contributed by atoms with Gasteiger partial charge in [-0.25, -0.2) is 9.48 Å². The van der Waals surface area contributed by atoms with Gasteiger partial charge in [-0.15, -0.1) is 5.10 Å². The normalized spacial score (nSPS) is 10.5. The van der Waals surface area contributed by atoms with Gasteiger partial charge in [0, 0.05) is 5.69 Å². The number of nitrogens with one attached hydrogen (secondary N) is 1. The van der Waals surface area contributed by atoms with Gasteiger partial charge in [-0.2, -0.15) is 0 Å². The number of amides is 1. The lowest BCUT2D eigenvalue weighted by Crippen LogP contribution is -2.15. The Bertz CT molecular complexity index is 1160. The van der Waals surface area contributed by atoms with E-state index in [0.29, 0.717) is 11.3 Å². The number of nitrogens with zero attached hydrogens (tertiary/aromatic N) is 4. The number of rotatable bonds is 7. The highest BCUT2D eigenvalue weighted by atomic mass is 16.5. The number of carbonyl (C=O) groups excluding carboxylic acids is 2. The van der Waals surface area contributed by atoms with E-state index in [1.54, 1.807) is 24.3 Å². The molecule has 1 aromatic heterocycles. The fourth-order valence-electron chi connectivity index (χ4n) is 2.97. The number of hydrogen-bond donors (Lipinski definition) is 1. The second kappa shape index (κ2) is 9.45. The molecule has 8 heteroatoms. The first-order valence-electron chi connectivity index (χ1n) is 9.61. The minimum atomic E-state index is -0.446. The van der Waals surface area contributed by atoms with E-state index < -0.39 is 5.97 Å². The highest BCUT2D eigenvalue weighted by Gasteiger charge is 2.10. The van der Waals surface area contributed by atoms with Gasteiger partial charge < -0.3 is 10.1 Å². The zero-order chi connectivity index (χ0) is 21.5. The average molecular weight is 413 g/mol. The van der Waals surface area contributed by atoms with E-state index >= 15 is 0 Å². The third-order valence-corrected chi connectivity index (χ3v) is 4.51. The maximum atomic E-state index is 12.4. The van der Waals surface area contributed by atoms with Crippen LogP contribution in [0.2, 0.25) is 0 Å². The van der Waals surface area contributed by atoms with Gasteiger partial charge in [0.25, 0.3) is 0 Å². The molecule has 0 aliphatic heterocycles. The van der Waals surface area contributed by atoms with Gasteiger partial charge in [0.05, 0.1) is 17.7 Å². The largest absolute Gasteiger partial charge is 0.457 e. The lowest BCUT2D eigenvalue weighted by atomic mass is 10.1. The summed E-state index contributed by atoms with van der Waals surface area (Å²) in [4.78, 5) is 24.7. The SMILES string of the molecule is O=C(Cc1ccc(-n2cnnn2)cc1)Nc1cccc(C(=O)OCc2ccccc2)c1. The zero-order valence-electron chi connectivity index (χ0n) is 16.5. The Morgan fingerprint density at radius 3 is 2.45 bits per heavy atom. The molecule has 1 amide bonds. The molecule has 0 bridgehead atoms. The summed E-state index contributed by atoms with van der Waals surface area (Å²) in [6, 6.07) is 23.5. The Balaban J connectivity index is 1.33. The smallest absolute Gasteiger partial charge is 0.338 e. The monoisotopic (exact) mass is 413 g/mol. The molecule has 0 fully saturated rings. The number of hydrogen-bond acceptors (Lipinski definition) is 6. The second-order valence-corrected chi connectivity index (χ2v) is 6.79. The minimum Gasteiger partial charge on any atom is -0.457 e. The zero-order valence-corrected chi connectivity index (χ0v) is 16.5. The van der Waals surface area contributed by atoms with Crippen molar-refractivity contribution in [3.05, 3.63) is 102 Å². The van der Waals surface area contributed by atoms with Crippen molar-refractivity contribution in [2.24, 2.45) is 0 Å². The van der Waals surface area contributed by atoms with Crippen molar-refractivity contribution in [2.75, 3.05) is 5.32 Å². The molecule has 0 atom stereocenters. The summed E-state index contributed by atoms with van der Waals surface area (Å²) in [5, 5.41) is 13.8. The van der Waals surface area contributed by atoms with Crippen molar-refractivity contribution in [1.29, 1.82) is 0 Å². The number of aromatic nitrogens is 4. The number of anilines is 1. The quantitative estimate of drug-likeness (QED) is 0.467. The summed E-state index contributed by atoms with van der Waals surface area (Å²) in [7, 11) is 0. The van der Waals surface area contributed by atoms with Crippen molar-refractivity contribution in [3.8, 4) is 5.69 Å². The van der Waals surface area contributed by atoms with Crippen molar-refractivity contribution in [2.45, 2.75) is 13.0 Å². The molecule has 0 saturated carbocycles. The molecule has 0 aliphatic rings. The maximum Gasteiger partial charge on any atom is 0.338 e. The van der Waals surface area contributed by atoms with Crippen molar-refractivity contribution >= 4 is 17.6 Å². The first-order chi connectivity index (χ1) is 15.2. The molecular weight excluding hydrogens is 394 g/mol. The summed E-state index contributed by atoms with van der Waals surface area (Å²) in [5.74, 6) is -0.636. The number of carbonyl (C=O) groups is 2. The molecule has 0 unspecified atom stereocenters. The number of tetrazole rings is 1. The summed E-state index contributed by atoms with van der Waals surface area (Å²) < 4.78 is 6.88. The van der Waals surface area contributed by atoms with Crippen LogP contribution >= 0.6 is 0 Å². The molecule has 4 aromatic rings. The first kappa shape index (κ1) is 20.0. The molecule has 0 spiro atoms. The number of ether oxygens (including phenoxy) is 1. The number of esters is 1. The molecule has 4 rings (SSSR count). The van der Waals surface area contributed by atoms with Crippen LogP contribution in [0, 0.1) is 0 Å². The fourth-order valence-corrected chi connectivity index (χ4v) is 2.97. The van der Waals surface area contributed by atoms with Crippen molar-refractivity contribution < 1.29 is 14.3 Å². The Morgan fingerprint density at radius 1 is 0.903 bits per heavy atom. The van der Waals surface area contributed by atoms with Crippen LogP contribution in [0.4, 0.5) is 5.69 Å². The lowest BCUT2D eigenvalue weighted by molar-refractivity contribution is -0.115. The van der Waals surface area contributed by atoms with Crippen molar-refractivity contribution in [3.63, 3.8) is 0 Å². The van der Waals surface area contributed by atoms with E-state index in [4.69, 9.17) is 4.74 Å². The Hall–Kier alpha value is -4.33. The summed E-state index contributed by atoms with van der Waals surface area (Å²) in [6.45, 7) is 0.191. The second-order valence-electron chi connectivity index (χ2n) is 6.79. The molecular formula is C23H19N5O3. The third kappa shape index (κ3) is 5.39. The number of benzene rings is 3. The molecule has 0 aliphatic carbocycles. The van der Waals surface area contributed by atoms with Gasteiger partial charge in [0.15, 0.2) is 0 Å². The van der Waals surface area contributed by atoms with Gasteiger partial charge in [-0.05, 0) is 51.9 Å². The average Bonchev–Trinajstić information content (AvgIpc) is 3.34. The van der Waals surface area contributed by atoms with Gasteiger partial charge >= 0.3 is 5.97 Å². The molecule has 1 heterocycles. The highest BCUT2D eigenvalue weighted by Crippen LogP contribution is 2.14. The highest BCUT2D eigenvalue weighted by molar-refractivity contribution is 5.95. The molecule has 3 aromatic carbocycles. The molecule has 31 heavy (non-hydrogen) atoms. The van der Waals surface area contributed by atoms with E-state index in [0.717, 1.165) is 16.8 Å². The summed E-state index contributed by atoms with van der Waals surface area (Å²) in [6.07, 6.45) is 1.69. The van der Waals surface area contributed by atoms with Gasteiger partial charge in [-0.3, -0.25) is 4.79 Å². The molecule has 1 N–H and O–H groups in total. The third-order valence-electron chi connectivity index (χ3n) is 4.51. The van der Waals surface area contributed by atoms with E-state index in [1.807, 2.05) is 54.6 Å². The summed E-state index contributed by atoms with van der Waals surface area (Å²) >= 11 is 0. The molecule has 154 valence electrons. The van der Waals surface area contributed by atoms with Crippen LogP contribution in [0.3, 0.4) is 0 Å².